The van der Waals surface area contributed by atoms with Gasteiger partial charge in [-0.25, -0.2) is 0 Å². The van der Waals surface area contributed by atoms with Crippen LogP contribution in [-0.2, 0) is 14.4 Å². The van der Waals surface area contributed by atoms with Crippen LogP contribution in [-0.4, -0.2) is 53.7 Å². The maximum Gasteiger partial charge on any atom is 0.303 e. The zero-order valence-electron chi connectivity index (χ0n) is 12.3. The third kappa shape index (κ3) is 4.00. The Kier molecular flexibility index (Phi) is 5.43. The van der Waals surface area contributed by atoms with E-state index < -0.39 is 5.97 Å². The number of aliphatic carboxylic acids is 1. The number of amides is 2. The zero-order chi connectivity index (χ0) is 16.1. The van der Waals surface area contributed by atoms with Crippen LogP contribution >= 0.6 is 11.8 Å². The van der Waals surface area contributed by atoms with E-state index in [0.717, 1.165) is 10.6 Å². The van der Waals surface area contributed by atoms with Gasteiger partial charge in [0.25, 0.3) is 0 Å². The Balaban J connectivity index is 1.99. The number of carboxylic acid groups (broad SMARTS) is 1. The lowest BCUT2D eigenvalue weighted by Crippen LogP contribution is -2.44. The molecule has 118 valence electrons. The molecule has 0 fully saturated rings. The average Bonchev–Trinajstić information content (AvgIpc) is 2.49. The smallest absolute Gasteiger partial charge is 0.303 e. The molecule has 0 aromatic heterocycles. The summed E-state index contributed by atoms with van der Waals surface area (Å²) < 4.78 is 0. The van der Waals surface area contributed by atoms with Gasteiger partial charge in [0, 0.05) is 24.9 Å². The molecule has 0 spiro atoms. The molecule has 0 bridgehead atoms. The molecule has 1 aliphatic heterocycles. The molecule has 1 aromatic carbocycles. The van der Waals surface area contributed by atoms with Crippen LogP contribution in [0.3, 0.4) is 0 Å². The van der Waals surface area contributed by atoms with Gasteiger partial charge in [-0.1, -0.05) is 12.1 Å². The quantitative estimate of drug-likeness (QED) is 0.857. The van der Waals surface area contributed by atoms with Crippen LogP contribution < -0.4 is 4.90 Å². The van der Waals surface area contributed by atoms with Crippen LogP contribution in [0.5, 0.6) is 0 Å². The van der Waals surface area contributed by atoms with Crippen molar-refractivity contribution in [2.75, 3.05) is 30.8 Å². The Labute approximate surface area is 133 Å². The molecule has 0 aliphatic carbocycles. The van der Waals surface area contributed by atoms with Crippen molar-refractivity contribution in [2.24, 2.45) is 0 Å². The van der Waals surface area contributed by atoms with Gasteiger partial charge < -0.3 is 14.9 Å². The maximum absolute atomic E-state index is 12.2. The van der Waals surface area contributed by atoms with Crippen LogP contribution in [0.1, 0.15) is 12.8 Å². The van der Waals surface area contributed by atoms with E-state index in [-0.39, 0.29) is 24.8 Å². The summed E-state index contributed by atoms with van der Waals surface area (Å²) in [6.07, 6.45) is 0.428. The summed E-state index contributed by atoms with van der Waals surface area (Å²) in [7, 11) is 1.62. The van der Waals surface area contributed by atoms with Crippen molar-refractivity contribution in [3.05, 3.63) is 24.3 Å². The highest BCUT2D eigenvalue weighted by atomic mass is 32.2. The molecule has 2 amide bonds. The first-order valence-electron chi connectivity index (χ1n) is 6.97. The Morgan fingerprint density at radius 1 is 1.36 bits per heavy atom. The molecule has 0 saturated heterocycles. The minimum absolute atomic E-state index is 0.0139. The van der Waals surface area contributed by atoms with Crippen LogP contribution in [0.4, 0.5) is 5.69 Å². The van der Waals surface area contributed by atoms with Gasteiger partial charge in [-0.15, -0.1) is 11.8 Å². The van der Waals surface area contributed by atoms with Gasteiger partial charge in [0.2, 0.25) is 11.8 Å². The summed E-state index contributed by atoms with van der Waals surface area (Å²) in [4.78, 5) is 38.7. The van der Waals surface area contributed by atoms with E-state index in [1.807, 2.05) is 24.3 Å². The number of rotatable bonds is 6. The van der Waals surface area contributed by atoms with Crippen molar-refractivity contribution >= 4 is 35.2 Å². The van der Waals surface area contributed by atoms with Gasteiger partial charge >= 0.3 is 5.97 Å². The number of carboxylic acids is 1. The van der Waals surface area contributed by atoms with E-state index in [2.05, 4.69) is 0 Å². The fourth-order valence-corrected chi connectivity index (χ4v) is 3.11. The molecule has 0 radical (unpaired) electrons. The highest BCUT2D eigenvalue weighted by Crippen LogP contribution is 2.34. The molecule has 1 N–H and O–H groups in total. The second-order valence-electron chi connectivity index (χ2n) is 5.05. The first kappa shape index (κ1) is 16.4. The first-order valence-corrected chi connectivity index (χ1v) is 7.95. The van der Waals surface area contributed by atoms with Crippen LogP contribution in [0.25, 0.3) is 0 Å². The number of benzene rings is 1. The van der Waals surface area contributed by atoms with Crippen molar-refractivity contribution in [1.82, 2.24) is 4.90 Å². The summed E-state index contributed by atoms with van der Waals surface area (Å²) in [6.45, 7) is 0.351. The van der Waals surface area contributed by atoms with Gasteiger partial charge in [0.15, 0.2) is 0 Å². The van der Waals surface area contributed by atoms with Crippen molar-refractivity contribution < 1.29 is 19.5 Å². The first-order chi connectivity index (χ1) is 10.5. The average molecular weight is 322 g/mol. The molecule has 7 heteroatoms. The predicted molar refractivity (Wildman–Crippen MR) is 84.0 cm³/mol. The number of likely N-dealkylation sites (N-methyl/N-ethyl adjacent to an activating group) is 1. The standard InChI is InChI=1S/C15H18N2O4S/c1-16(8-4-7-15(20)21)13(18)9-17-11-5-2-3-6-12(11)22-10-14(17)19/h2-3,5-6H,4,7-10H2,1H3,(H,20,21). The second kappa shape index (κ2) is 7.31. The molecule has 0 atom stereocenters. The van der Waals surface area contributed by atoms with E-state index in [1.54, 1.807) is 7.05 Å². The molecular weight excluding hydrogens is 304 g/mol. The number of carbonyl (C=O) groups excluding carboxylic acids is 2. The fourth-order valence-electron chi connectivity index (χ4n) is 2.18. The monoisotopic (exact) mass is 322 g/mol. The number of nitrogens with zero attached hydrogens (tertiary/aromatic N) is 2. The summed E-state index contributed by atoms with van der Waals surface area (Å²) in [5.74, 6) is -0.832. The van der Waals surface area contributed by atoms with Crippen molar-refractivity contribution in [3.8, 4) is 0 Å². The molecule has 0 unspecified atom stereocenters. The van der Waals surface area contributed by atoms with Crippen LogP contribution in [0.2, 0.25) is 0 Å². The highest BCUT2D eigenvalue weighted by molar-refractivity contribution is 8.00. The molecule has 0 saturated carbocycles. The lowest BCUT2D eigenvalue weighted by atomic mass is 10.2. The van der Waals surface area contributed by atoms with Crippen molar-refractivity contribution in [3.63, 3.8) is 0 Å². The van der Waals surface area contributed by atoms with E-state index in [9.17, 15) is 14.4 Å². The molecule has 6 nitrogen and oxygen atoms in total. The Morgan fingerprint density at radius 2 is 2.09 bits per heavy atom. The highest BCUT2D eigenvalue weighted by Gasteiger charge is 2.27. The third-order valence-electron chi connectivity index (χ3n) is 3.41. The number of para-hydroxylation sites is 1. The van der Waals surface area contributed by atoms with Gasteiger partial charge in [-0.2, -0.15) is 0 Å². The summed E-state index contributed by atoms with van der Waals surface area (Å²) in [6, 6.07) is 7.50. The molecular formula is C15H18N2O4S. The lowest BCUT2D eigenvalue weighted by Gasteiger charge is -2.30. The summed E-state index contributed by atoms with van der Waals surface area (Å²) in [5.41, 5.74) is 0.760. The Morgan fingerprint density at radius 3 is 2.82 bits per heavy atom. The van der Waals surface area contributed by atoms with Crippen molar-refractivity contribution in [1.29, 1.82) is 0 Å². The van der Waals surface area contributed by atoms with E-state index in [1.165, 1.54) is 21.6 Å². The van der Waals surface area contributed by atoms with Crippen LogP contribution in [0.15, 0.2) is 29.2 Å². The molecule has 1 aliphatic rings. The molecule has 22 heavy (non-hydrogen) atoms. The van der Waals surface area contributed by atoms with Gasteiger partial charge in [-0.05, 0) is 18.6 Å². The van der Waals surface area contributed by atoms with Crippen LogP contribution in [0, 0.1) is 0 Å². The number of hydrogen-bond acceptors (Lipinski definition) is 4. The number of fused-ring (bicyclic) bond motifs is 1. The minimum atomic E-state index is -0.877. The van der Waals surface area contributed by atoms with Gasteiger partial charge in [0.05, 0.1) is 11.4 Å². The Bertz CT molecular complexity index is 591. The van der Waals surface area contributed by atoms with E-state index in [0.29, 0.717) is 18.7 Å². The van der Waals surface area contributed by atoms with E-state index in [4.69, 9.17) is 5.11 Å². The zero-order valence-corrected chi connectivity index (χ0v) is 13.1. The number of carbonyl (C=O) groups is 3. The van der Waals surface area contributed by atoms with Crippen molar-refractivity contribution in [2.45, 2.75) is 17.7 Å². The molecule has 2 rings (SSSR count). The maximum atomic E-state index is 12.2. The minimum Gasteiger partial charge on any atom is -0.481 e. The normalized spacial score (nSPS) is 13.7. The summed E-state index contributed by atoms with van der Waals surface area (Å²) in [5, 5.41) is 8.61. The number of thioether (sulfide) groups is 1. The fraction of sp³-hybridized carbons (Fsp3) is 0.400. The second-order valence-corrected chi connectivity index (χ2v) is 6.07. The lowest BCUT2D eigenvalue weighted by molar-refractivity contribution is -0.137. The topological polar surface area (TPSA) is 77.9 Å². The molecule has 1 aromatic rings. The third-order valence-corrected chi connectivity index (χ3v) is 4.46. The number of hydrogen-bond donors (Lipinski definition) is 1. The number of anilines is 1. The Hall–Kier alpha value is -2.02. The van der Waals surface area contributed by atoms with E-state index >= 15 is 0 Å². The summed E-state index contributed by atoms with van der Waals surface area (Å²) >= 11 is 1.47. The predicted octanol–water partition coefficient (Wildman–Crippen LogP) is 1.45. The molecule has 1 heterocycles. The van der Waals surface area contributed by atoms with Gasteiger partial charge in [-0.3, -0.25) is 14.4 Å². The largest absolute Gasteiger partial charge is 0.481 e. The SMILES string of the molecule is CN(CCCC(=O)O)C(=O)CN1C(=O)CSc2ccccc21. The van der Waals surface area contributed by atoms with Gasteiger partial charge in [0.1, 0.15) is 6.54 Å².